The molecule has 3 N–H and O–H groups in total. The number of nitrogens with zero attached hydrogens (tertiary/aromatic N) is 2. The van der Waals surface area contributed by atoms with Crippen molar-refractivity contribution in [3.05, 3.63) is 41.6 Å². The Bertz CT molecular complexity index is 844. The number of oxazole rings is 1. The third-order valence-electron chi connectivity index (χ3n) is 3.86. The molecule has 2 aromatic rings. The molecule has 30 heavy (non-hydrogen) atoms. The Hall–Kier alpha value is -3.03. The number of guanidine groups is 1. The highest BCUT2D eigenvalue weighted by atomic mass is 16.5. The van der Waals surface area contributed by atoms with Crippen LogP contribution in [0.1, 0.15) is 52.0 Å². The number of carbonyl (C=O) groups is 1. The van der Waals surface area contributed by atoms with Gasteiger partial charge in [-0.3, -0.25) is 4.79 Å². The Kier molecular flexibility index (Phi) is 7.86. The minimum absolute atomic E-state index is 0.00914. The molecule has 1 amide bonds. The summed E-state index contributed by atoms with van der Waals surface area (Å²) in [6, 6.07) is 7.55. The fourth-order valence-electron chi connectivity index (χ4n) is 2.55. The summed E-state index contributed by atoms with van der Waals surface area (Å²) < 4.78 is 11.3. The van der Waals surface area contributed by atoms with Crippen LogP contribution in [0.15, 0.2) is 33.7 Å². The molecule has 8 nitrogen and oxygen atoms in total. The van der Waals surface area contributed by atoms with Crippen molar-refractivity contribution in [2.75, 3.05) is 11.9 Å². The molecular weight excluding hydrogens is 382 g/mol. The quantitative estimate of drug-likeness (QED) is 0.472. The zero-order chi connectivity index (χ0) is 22.3. The average Bonchev–Trinajstić information content (AvgIpc) is 2.95. The lowest BCUT2D eigenvalue weighted by Crippen LogP contribution is -2.42. The van der Waals surface area contributed by atoms with Crippen LogP contribution in [-0.2, 0) is 11.3 Å². The number of benzene rings is 1. The van der Waals surface area contributed by atoms with E-state index < -0.39 is 0 Å². The molecule has 0 atom stereocenters. The van der Waals surface area contributed by atoms with E-state index in [4.69, 9.17) is 9.15 Å². The summed E-state index contributed by atoms with van der Waals surface area (Å²) in [7, 11) is 0. The van der Waals surface area contributed by atoms with E-state index >= 15 is 0 Å². The molecule has 8 heteroatoms. The molecule has 1 heterocycles. The molecule has 164 valence electrons. The zero-order valence-corrected chi connectivity index (χ0v) is 18.9. The van der Waals surface area contributed by atoms with Gasteiger partial charge in [-0.05, 0) is 72.7 Å². The molecule has 0 bridgehead atoms. The normalized spacial score (nSPS) is 12.1. The molecule has 0 aliphatic carbocycles. The first-order chi connectivity index (χ1) is 14.0. The molecule has 1 aromatic carbocycles. The second kappa shape index (κ2) is 10.1. The van der Waals surface area contributed by atoms with Crippen LogP contribution < -0.4 is 20.7 Å². The molecule has 2 rings (SSSR count). The van der Waals surface area contributed by atoms with Crippen molar-refractivity contribution in [3.8, 4) is 5.75 Å². The van der Waals surface area contributed by atoms with E-state index in [1.165, 1.54) is 0 Å². The number of carbonyl (C=O) groups excluding carboxylic acids is 1. The number of aryl methyl sites for hydroxylation is 2. The SMILES string of the molecule is Cc1nc(CNC(=NCC(=O)NC(C)(C)C)Nc2ccc(OC(C)C)cc2)oc1C. The van der Waals surface area contributed by atoms with Gasteiger partial charge in [0.2, 0.25) is 11.8 Å². The molecule has 1 aromatic heterocycles. The van der Waals surface area contributed by atoms with Gasteiger partial charge in [-0.15, -0.1) is 0 Å². The number of ether oxygens (including phenoxy) is 1. The van der Waals surface area contributed by atoms with Gasteiger partial charge in [0.1, 0.15) is 18.1 Å². The third-order valence-corrected chi connectivity index (χ3v) is 3.86. The van der Waals surface area contributed by atoms with Crippen molar-refractivity contribution < 1.29 is 13.9 Å². The zero-order valence-electron chi connectivity index (χ0n) is 18.9. The molecule has 0 radical (unpaired) electrons. The van der Waals surface area contributed by atoms with E-state index in [1.54, 1.807) is 0 Å². The Labute approximate surface area is 178 Å². The van der Waals surface area contributed by atoms with Crippen LogP contribution in [0.2, 0.25) is 0 Å². The number of rotatable bonds is 7. The van der Waals surface area contributed by atoms with Gasteiger partial charge < -0.3 is 25.1 Å². The van der Waals surface area contributed by atoms with Crippen LogP contribution in [0.5, 0.6) is 5.75 Å². The van der Waals surface area contributed by atoms with E-state index in [0.29, 0.717) is 18.4 Å². The van der Waals surface area contributed by atoms with Crippen LogP contribution >= 0.6 is 0 Å². The summed E-state index contributed by atoms with van der Waals surface area (Å²) in [6.07, 6.45) is 0.108. The van der Waals surface area contributed by atoms with Crippen LogP contribution in [0, 0.1) is 13.8 Å². The highest BCUT2D eigenvalue weighted by Gasteiger charge is 2.14. The summed E-state index contributed by atoms with van der Waals surface area (Å²) in [5.41, 5.74) is 1.35. The molecule has 0 aliphatic heterocycles. The van der Waals surface area contributed by atoms with Gasteiger partial charge in [0.05, 0.1) is 18.3 Å². The number of amides is 1. The minimum atomic E-state index is -0.312. The van der Waals surface area contributed by atoms with Crippen LogP contribution in [-0.4, -0.2) is 35.0 Å². The highest BCUT2D eigenvalue weighted by molar-refractivity contribution is 5.95. The molecule has 0 spiro atoms. The Morgan fingerprint density at radius 3 is 2.40 bits per heavy atom. The van der Waals surface area contributed by atoms with Crippen molar-refractivity contribution in [1.82, 2.24) is 15.6 Å². The van der Waals surface area contributed by atoms with E-state index in [9.17, 15) is 4.79 Å². The Morgan fingerprint density at radius 1 is 1.20 bits per heavy atom. The second-order valence-electron chi connectivity index (χ2n) is 8.38. The standard InChI is InChI=1S/C22H33N5O3/c1-14(2)29-18-10-8-17(9-11-18)26-21(23-12-19(28)27-22(5,6)7)24-13-20-25-15(3)16(4)30-20/h8-11,14H,12-13H2,1-7H3,(H,27,28)(H2,23,24,26). The maximum atomic E-state index is 12.2. The lowest BCUT2D eigenvalue weighted by atomic mass is 10.1. The molecular formula is C22H33N5O3. The van der Waals surface area contributed by atoms with Crippen LogP contribution in [0.3, 0.4) is 0 Å². The van der Waals surface area contributed by atoms with Crippen molar-refractivity contribution in [2.24, 2.45) is 4.99 Å². The minimum Gasteiger partial charge on any atom is -0.491 e. The fourth-order valence-corrected chi connectivity index (χ4v) is 2.55. The van der Waals surface area contributed by atoms with Crippen LogP contribution in [0.4, 0.5) is 5.69 Å². The van der Waals surface area contributed by atoms with Gasteiger partial charge >= 0.3 is 0 Å². The number of aromatic nitrogens is 1. The van der Waals surface area contributed by atoms with Crippen LogP contribution in [0.25, 0.3) is 0 Å². The number of hydrogen-bond acceptors (Lipinski definition) is 5. The lowest BCUT2D eigenvalue weighted by molar-refractivity contribution is -0.121. The Balaban J connectivity index is 2.08. The van der Waals surface area contributed by atoms with Crippen molar-refractivity contribution in [2.45, 2.75) is 66.7 Å². The van der Waals surface area contributed by atoms with Crippen molar-refractivity contribution in [3.63, 3.8) is 0 Å². The monoisotopic (exact) mass is 415 g/mol. The average molecular weight is 416 g/mol. The first-order valence-corrected chi connectivity index (χ1v) is 10.1. The van der Waals surface area contributed by atoms with Gasteiger partial charge in [0.25, 0.3) is 0 Å². The van der Waals surface area contributed by atoms with E-state index in [2.05, 4.69) is 25.9 Å². The third kappa shape index (κ3) is 8.14. The first kappa shape index (κ1) is 23.3. The van der Waals surface area contributed by atoms with Crippen molar-refractivity contribution >= 4 is 17.6 Å². The maximum Gasteiger partial charge on any atom is 0.242 e. The number of nitrogens with one attached hydrogen (secondary N) is 3. The summed E-state index contributed by atoms with van der Waals surface area (Å²) in [4.78, 5) is 20.9. The predicted octanol–water partition coefficient (Wildman–Crippen LogP) is 3.55. The summed E-state index contributed by atoms with van der Waals surface area (Å²) in [6.45, 7) is 13.9. The van der Waals surface area contributed by atoms with E-state index in [0.717, 1.165) is 22.9 Å². The van der Waals surface area contributed by atoms with E-state index in [1.807, 2.05) is 72.7 Å². The van der Waals surface area contributed by atoms with Gasteiger partial charge in [0, 0.05) is 11.2 Å². The van der Waals surface area contributed by atoms with Gasteiger partial charge in [-0.1, -0.05) is 0 Å². The summed E-state index contributed by atoms with van der Waals surface area (Å²) in [5.74, 6) is 2.41. The number of anilines is 1. The smallest absolute Gasteiger partial charge is 0.242 e. The predicted molar refractivity (Wildman–Crippen MR) is 119 cm³/mol. The lowest BCUT2D eigenvalue weighted by Gasteiger charge is -2.20. The van der Waals surface area contributed by atoms with Gasteiger partial charge in [-0.2, -0.15) is 0 Å². The Morgan fingerprint density at radius 2 is 1.87 bits per heavy atom. The summed E-state index contributed by atoms with van der Waals surface area (Å²) in [5, 5.41) is 9.26. The molecule has 0 saturated carbocycles. The van der Waals surface area contributed by atoms with Gasteiger partial charge in [-0.25, -0.2) is 9.98 Å². The first-order valence-electron chi connectivity index (χ1n) is 10.1. The topological polar surface area (TPSA) is 101 Å². The molecule has 0 fully saturated rings. The van der Waals surface area contributed by atoms with Crippen molar-refractivity contribution in [1.29, 1.82) is 0 Å². The highest BCUT2D eigenvalue weighted by Crippen LogP contribution is 2.17. The molecule has 0 saturated heterocycles. The fraction of sp³-hybridized carbons (Fsp3) is 0.500. The maximum absolute atomic E-state index is 12.2. The molecule has 0 aliphatic rings. The number of hydrogen-bond donors (Lipinski definition) is 3. The van der Waals surface area contributed by atoms with E-state index in [-0.39, 0.29) is 24.1 Å². The number of aliphatic imine (C=N–C) groups is 1. The largest absolute Gasteiger partial charge is 0.491 e. The summed E-state index contributed by atoms with van der Waals surface area (Å²) >= 11 is 0. The molecule has 0 unspecified atom stereocenters. The second-order valence-corrected chi connectivity index (χ2v) is 8.38. The van der Waals surface area contributed by atoms with Gasteiger partial charge in [0.15, 0.2) is 5.96 Å².